The molecule has 0 aliphatic rings. The van der Waals surface area contributed by atoms with Gasteiger partial charge in [-0.1, -0.05) is 15.9 Å². The first-order valence-electron chi connectivity index (χ1n) is 1.03. The fraction of sp³-hybridized carbons (Fsp3) is 0.500. The summed E-state index contributed by atoms with van der Waals surface area (Å²) in [5, 5.41) is 0.0486. The summed E-state index contributed by atoms with van der Waals surface area (Å²) in [5.41, 5.74) is 0. The van der Waals surface area contributed by atoms with E-state index >= 15 is 0 Å². The molecule has 0 aromatic heterocycles. The predicted molar refractivity (Wildman–Crippen MR) is 26.4 cm³/mol. The van der Waals surface area contributed by atoms with Gasteiger partial charge in [0, 0.05) is 0 Å². The van der Waals surface area contributed by atoms with Gasteiger partial charge >= 0.3 is 0 Å². The second-order valence-corrected chi connectivity index (χ2v) is 1.52. The lowest BCUT2D eigenvalue weighted by molar-refractivity contribution is -0.108. The number of hydrogen-bond donors (Lipinski definition) is 0. The molecule has 0 atom stereocenters. The van der Waals surface area contributed by atoms with Crippen molar-refractivity contribution in [3.05, 3.63) is 0 Å². The van der Waals surface area contributed by atoms with Crippen LogP contribution in [0.2, 0.25) is 0 Å². The first kappa shape index (κ1) is 5.37. The van der Waals surface area contributed by atoms with Crippen molar-refractivity contribution in [3.63, 3.8) is 0 Å². The highest BCUT2D eigenvalue weighted by Gasteiger charge is 1.82. The third kappa shape index (κ3) is 4.37. The summed E-state index contributed by atoms with van der Waals surface area (Å²) in [6.07, 6.45) is 0. The zero-order chi connectivity index (χ0) is 4.28. The second-order valence-electron chi connectivity index (χ2n) is 0.506. The van der Waals surface area contributed by atoms with Crippen LogP contribution in [0.25, 0.3) is 0 Å². The molecule has 0 aliphatic heterocycles. The van der Waals surface area contributed by atoms with Crippen LogP contribution in [0, 0.1) is 0 Å². The Morgan fingerprint density at radius 3 is 2.20 bits per heavy atom. The molecule has 3 heteroatoms. The number of rotatable bonds is 1. The van der Waals surface area contributed by atoms with Crippen LogP contribution in [0.3, 0.4) is 0 Å². The predicted octanol–water partition coefficient (Wildman–Crippen LogP) is 1.11. The van der Waals surface area contributed by atoms with E-state index in [0.717, 1.165) is 0 Å². The summed E-state index contributed by atoms with van der Waals surface area (Å²) in [7, 11) is 0. The molecule has 0 aliphatic carbocycles. The van der Waals surface area contributed by atoms with E-state index in [4.69, 9.17) is 0 Å². The Labute approximate surface area is 44.3 Å². The van der Waals surface area contributed by atoms with Crippen molar-refractivity contribution in [3.8, 4) is 0 Å². The van der Waals surface area contributed by atoms with E-state index in [1.54, 1.807) is 0 Å². The van der Waals surface area contributed by atoms with Gasteiger partial charge in [0.15, 0.2) is 0 Å². The number of hydrogen-bond acceptors (Lipinski definition) is 1. The third-order valence-electron chi connectivity index (χ3n) is 0.109. The summed E-state index contributed by atoms with van der Waals surface area (Å²) < 4.78 is 0. The van der Waals surface area contributed by atoms with Crippen molar-refractivity contribution < 1.29 is 4.79 Å². The van der Waals surface area contributed by atoms with Crippen molar-refractivity contribution in [2.45, 2.75) is 0 Å². The molecule has 0 saturated carbocycles. The van der Waals surface area contributed by atoms with Crippen LogP contribution < -0.4 is 0 Å². The van der Waals surface area contributed by atoms with Gasteiger partial charge in [-0.25, -0.2) is 0 Å². The molecule has 0 saturated heterocycles. The second kappa shape index (κ2) is 2.60. The quantitative estimate of drug-likeness (QED) is 0.517. The highest BCUT2D eigenvalue weighted by atomic mass is 79.9. The van der Waals surface area contributed by atoms with Gasteiger partial charge in [0.25, 0.3) is 0 Å². The van der Waals surface area contributed by atoms with E-state index < -0.39 is 0 Å². The van der Waals surface area contributed by atoms with Gasteiger partial charge in [-0.2, -0.15) is 0 Å². The topological polar surface area (TPSA) is 17.1 Å². The molecule has 0 N–H and O–H groups in total. The molecule has 5 heavy (non-hydrogen) atoms. The molecule has 0 rings (SSSR count). The lowest BCUT2D eigenvalue weighted by Gasteiger charge is -1.66. The maximum absolute atomic E-state index is 9.58. The normalized spacial score (nSPS) is 7.40. The number of carbonyl (C=O) groups is 1. The van der Waals surface area contributed by atoms with Gasteiger partial charge in [-0.3, -0.25) is 4.79 Å². The largest absolute Gasteiger partial charge is 0.281 e. The maximum Gasteiger partial charge on any atom is 0.229 e. The van der Waals surface area contributed by atoms with Crippen molar-refractivity contribution in [1.82, 2.24) is 0 Å². The van der Waals surface area contributed by atoms with E-state index in [2.05, 4.69) is 28.6 Å². The molecule has 1 nitrogen and oxygen atoms in total. The average Bonchev–Trinajstić information content (AvgIpc) is 1.38. The first-order chi connectivity index (χ1) is 2.27. The molecule has 0 spiro atoms. The van der Waals surface area contributed by atoms with Gasteiger partial charge in [0.1, 0.15) is 0 Å². The molecule has 0 heterocycles. The molecule has 0 unspecified atom stereocenters. The number of carbonyl (C=O) groups excluding carboxylic acids is 1. The van der Waals surface area contributed by atoms with Crippen LogP contribution in [-0.4, -0.2) is 10.4 Å². The van der Waals surface area contributed by atoms with E-state index in [1.807, 2.05) is 0 Å². The molecular weight excluding hydrogens is 152 g/mol. The molecule has 0 amide bonds. The highest BCUT2D eigenvalue weighted by molar-refractivity contribution is 9.09. The smallest absolute Gasteiger partial charge is 0.229 e. The number of halogens is 1. The SMILES string of the molecule is O=C([S])CBr. The highest BCUT2D eigenvalue weighted by Crippen LogP contribution is 1.82. The van der Waals surface area contributed by atoms with Crippen molar-refractivity contribution in [1.29, 1.82) is 0 Å². The van der Waals surface area contributed by atoms with Crippen molar-refractivity contribution in [2.24, 2.45) is 0 Å². The lowest BCUT2D eigenvalue weighted by atomic mass is 10.9. The van der Waals surface area contributed by atoms with Gasteiger partial charge in [0.05, 0.1) is 5.33 Å². The molecule has 29 valence electrons. The van der Waals surface area contributed by atoms with Crippen LogP contribution in [0.5, 0.6) is 0 Å². The Kier molecular flexibility index (Phi) is 2.79. The van der Waals surface area contributed by atoms with Crippen molar-refractivity contribution in [2.75, 3.05) is 5.33 Å². The Bertz CT molecular complexity index is 44.9. The Morgan fingerprint density at radius 1 is 2.00 bits per heavy atom. The monoisotopic (exact) mass is 153 g/mol. The molecule has 0 aromatic carbocycles. The van der Waals surface area contributed by atoms with Crippen LogP contribution in [0.1, 0.15) is 0 Å². The Morgan fingerprint density at radius 2 is 2.20 bits per heavy atom. The van der Waals surface area contributed by atoms with Crippen LogP contribution in [0.4, 0.5) is 0 Å². The van der Waals surface area contributed by atoms with E-state index in [-0.39, 0.29) is 5.12 Å². The molecular formula is C2H2BrOS. The third-order valence-corrected chi connectivity index (χ3v) is 1.13. The summed E-state index contributed by atoms with van der Waals surface area (Å²) in [4.78, 5) is 9.58. The van der Waals surface area contributed by atoms with Gasteiger partial charge in [0.2, 0.25) is 5.12 Å². The zero-order valence-electron chi connectivity index (χ0n) is 2.40. The molecule has 0 fully saturated rings. The summed E-state index contributed by atoms with van der Waals surface area (Å²) in [5.74, 6) is 0. The maximum atomic E-state index is 9.58. The van der Waals surface area contributed by atoms with E-state index in [1.165, 1.54) is 0 Å². The van der Waals surface area contributed by atoms with Crippen LogP contribution in [0.15, 0.2) is 0 Å². The first-order valence-corrected chi connectivity index (χ1v) is 2.56. The van der Waals surface area contributed by atoms with Crippen LogP contribution in [-0.2, 0) is 4.79 Å². The Hall–Kier alpha value is 0.370. The Balaban J connectivity index is 2.85. The van der Waals surface area contributed by atoms with Crippen molar-refractivity contribution >= 4 is 33.7 Å². The number of alkyl halides is 1. The average molecular weight is 154 g/mol. The summed E-state index contributed by atoms with van der Waals surface area (Å²) in [6, 6.07) is 0. The van der Waals surface area contributed by atoms with E-state index in [0.29, 0.717) is 5.33 Å². The summed E-state index contributed by atoms with van der Waals surface area (Å²) >= 11 is 6.95. The van der Waals surface area contributed by atoms with Gasteiger partial charge < -0.3 is 0 Å². The minimum Gasteiger partial charge on any atom is -0.281 e. The molecule has 0 aromatic rings. The van der Waals surface area contributed by atoms with Crippen LogP contribution >= 0.6 is 28.6 Å². The minimum absolute atomic E-state index is 0.245. The van der Waals surface area contributed by atoms with Gasteiger partial charge in [-0.15, -0.1) is 0 Å². The fourth-order valence-corrected chi connectivity index (χ4v) is 0. The fourth-order valence-electron chi connectivity index (χ4n) is 0. The van der Waals surface area contributed by atoms with E-state index in [9.17, 15) is 4.79 Å². The van der Waals surface area contributed by atoms with Gasteiger partial charge in [-0.05, 0) is 12.6 Å². The molecule has 0 bridgehead atoms. The lowest BCUT2D eigenvalue weighted by Crippen LogP contribution is -1.80. The standard InChI is InChI=1S/C2H2BrOS/c3-1-2(4)5/h1H2. The minimum atomic E-state index is -0.245. The summed E-state index contributed by atoms with van der Waals surface area (Å²) in [6.45, 7) is 0. The molecule has 1 radical (unpaired) electrons. The zero-order valence-corrected chi connectivity index (χ0v) is 4.80.